The molecular formula is C19H27NO2. The number of para-hydroxylation sites is 1. The first-order valence-electron chi connectivity index (χ1n) is 8.53. The zero-order valence-electron chi connectivity index (χ0n) is 13.3. The Morgan fingerprint density at radius 3 is 2.23 bits per heavy atom. The average molecular weight is 301 g/mol. The number of hydrogen-bond donors (Lipinski definition) is 2. The number of unbranched alkanes of at least 4 members (excludes halogenated alkanes) is 7. The minimum Gasteiger partial charge on any atom is -0.396 e. The summed E-state index contributed by atoms with van der Waals surface area (Å²) in [6.07, 6.45) is 10.4. The van der Waals surface area contributed by atoms with Crippen LogP contribution in [0, 0.1) is 0 Å². The molecule has 2 aromatic rings. The number of nitrogens with one attached hydrogen (secondary N) is 1. The van der Waals surface area contributed by atoms with Gasteiger partial charge in [-0.25, -0.2) is 0 Å². The van der Waals surface area contributed by atoms with Crippen molar-refractivity contribution in [2.45, 2.75) is 57.8 Å². The average Bonchev–Trinajstić information content (AvgIpc) is 2.53. The maximum atomic E-state index is 12.0. The Morgan fingerprint density at radius 1 is 0.864 bits per heavy atom. The van der Waals surface area contributed by atoms with Crippen LogP contribution in [0.25, 0.3) is 10.9 Å². The van der Waals surface area contributed by atoms with Crippen LogP contribution in [0.3, 0.4) is 0 Å². The van der Waals surface area contributed by atoms with E-state index in [0.717, 1.165) is 42.3 Å². The lowest BCUT2D eigenvalue weighted by molar-refractivity contribution is 0.282. The predicted molar refractivity (Wildman–Crippen MR) is 92.3 cm³/mol. The number of aliphatic hydroxyl groups excluding tert-OH is 1. The van der Waals surface area contributed by atoms with E-state index in [1.807, 2.05) is 24.3 Å². The van der Waals surface area contributed by atoms with Gasteiger partial charge in [0.1, 0.15) is 0 Å². The number of H-pyrrole nitrogens is 1. The van der Waals surface area contributed by atoms with Gasteiger partial charge in [0.15, 0.2) is 5.43 Å². The summed E-state index contributed by atoms with van der Waals surface area (Å²) in [5.41, 5.74) is 2.11. The zero-order chi connectivity index (χ0) is 15.6. The highest BCUT2D eigenvalue weighted by Crippen LogP contribution is 2.12. The van der Waals surface area contributed by atoms with Gasteiger partial charge in [-0.15, -0.1) is 0 Å². The van der Waals surface area contributed by atoms with Gasteiger partial charge < -0.3 is 10.1 Å². The normalized spacial score (nSPS) is 11.1. The van der Waals surface area contributed by atoms with E-state index in [4.69, 9.17) is 5.11 Å². The molecule has 0 bridgehead atoms. The lowest BCUT2D eigenvalue weighted by Crippen LogP contribution is -2.05. The van der Waals surface area contributed by atoms with Crippen LogP contribution in [0.4, 0.5) is 0 Å². The highest BCUT2D eigenvalue weighted by Gasteiger charge is 2.01. The van der Waals surface area contributed by atoms with Crippen molar-refractivity contribution in [2.24, 2.45) is 0 Å². The highest BCUT2D eigenvalue weighted by atomic mass is 16.2. The Balaban J connectivity index is 1.68. The fourth-order valence-electron chi connectivity index (χ4n) is 2.87. The number of aromatic amines is 1. The second-order valence-corrected chi connectivity index (χ2v) is 6.01. The van der Waals surface area contributed by atoms with Gasteiger partial charge in [-0.05, 0) is 31.4 Å². The van der Waals surface area contributed by atoms with Crippen molar-refractivity contribution in [1.29, 1.82) is 0 Å². The molecule has 22 heavy (non-hydrogen) atoms. The molecule has 0 radical (unpaired) electrons. The Bertz CT molecular complexity index is 618. The van der Waals surface area contributed by atoms with Gasteiger partial charge in [-0.1, -0.05) is 50.7 Å². The Hall–Kier alpha value is -1.61. The van der Waals surface area contributed by atoms with E-state index in [-0.39, 0.29) is 5.43 Å². The number of fused-ring (bicyclic) bond motifs is 1. The van der Waals surface area contributed by atoms with E-state index < -0.39 is 0 Å². The van der Waals surface area contributed by atoms with E-state index in [9.17, 15) is 4.79 Å². The molecule has 1 heterocycles. The molecule has 2 rings (SSSR count). The van der Waals surface area contributed by atoms with Crippen molar-refractivity contribution in [3.63, 3.8) is 0 Å². The van der Waals surface area contributed by atoms with E-state index in [2.05, 4.69) is 4.98 Å². The monoisotopic (exact) mass is 301 g/mol. The van der Waals surface area contributed by atoms with Gasteiger partial charge >= 0.3 is 0 Å². The molecule has 0 aliphatic heterocycles. The first-order valence-corrected chi connectivity index (χ1v) is 8.53. The van der Waals surface area contributed by atoms with E-state index in [0.29, 0.717) is 6.61 Å². The summed E-state index contributed by atoms with van der Waals surface area (Å²) < 4.78 is 0. The highest BCUT2D eigenvalue weighted by molar-refractivity contribution is 5.78. The van der Waals surface area contributed by atoms with Crippen LogP contribution in [-0.2, 0) is 6.42 Å². The molecule has 2 N–H and O–H groups in total. The smallest absolute Gasteiger partial charge is 0.189 e. The van der Waals surface area contributed by atoms with Crippen LogP contribution in [0.5, 0.6) is 0 Å². The number of aryl methyl sites for hydroxylation is 1. The lowest BCUT2D eigenvalue weighted by Gasteiger charge is -2.05. The van der Waals surface area contributed by atoms with E-state index in [1.54, 1.807) is 6.07 Å². The van der Waals surface area contributed by atoms with E-state index >= 15 is 0 Å². The fraction of sp³-hybridized carbons (Fsp3) is 0.526. The third-order valence-electron chi connectivity index (χ3n) is 4.15. The molecule has 1 aromatic carbocycles. The quantitative estimate of drug-likeness (QED) is 0.647. The van der Waals surface area contributed by atoms with Crippen LogP contribution < -0.4 is 5.43 Å². The number of benzene rings is 1. The molecule has 0 aliphatic carbocycles. The maximum Gasteiger partial charge on any atom is 0.189 e. The summed E-state index contributed by atoms with van der Waals surface area (Å²) in [6, 6.07) is 9.44. The molecule has 0 atom stereocenters. The Kier molecular flexibility index (Phi) is 7.17. The summed E-state index contributed by atoms with van der Waals surface area (Å²) in [5.74, 6) is 0. The van der Waals surface area contributed by atoms with Crippen molar-refractivity contribution in [1.82, 2.24) is 4.98 Å². The van der Waals surface area contributed by atoms with Gasteiger partial charge in [0.25, 0.3) is 0 Å². The van der Waals surface area contributed by atoms with Gasteiger partial charge in [0.2, 0.25) is 0 Å². The topological polar surface area (TPSA) is 53.1 Å². The maximum absolute atomic E-state index is 12.0. The number of aromatic nitrogens is 1. The fourth-order valence-corrected chi connectivity index (χ4v) is 2.87. The van der Waals surface area contributed by atoms with Crippen molar-refractivity contribution in [3.05, 3.63) is 46.2 Å². The van der Waals surface area contributed by atoms with Crippen molar-refractivity contribution < 1.29 is 5.11 Å². The Morgan fingerprint density at radius 2 is 1.50 bits per heavy atom. The minimum absolute atomic E-state index is 0.119. The summed E-state index contributed by atoms with van der Waals surface area (Å²) in [4.78, 5) is 15.4. The number of hydrogen-bond acceptors (Lipinski definition) is 2. The molecule has 0 saturated heterocycles. The van der Waals surface area contributed by atoms with Gasteiger partial charge in [-0.2, -0.15) is 0 Å². The third-order valence-corrected chi connectivity index (χ3v) is 4.15. The largest absolute Gasteiger partial charge is 0.396 e. The van der Waals surface area contributed by atoms with Crippen molar-refractivity contribution >= 4 is 10.9 Å². The Labute approximate surface area is 132 Å². The summed E-state index contributed by atoms with van der Waals surface area (Å²) >= 11 is 0. The first kappa shape index (κ1) is 16.8. The van der Waals surface area contributed by atoms with Crippen LogP contribution in [0.1, 0.15) is 57.1 Å². The molecule has 120 valence electrons. The standard InChI is InChI=1S/C19H27NO2/c21-14-10-6-4-2-1-3-5-7-11-16-15-19(22)17-12-8-9-13-18(17)20-16/h8-9,12-13,15,21H,1-7,10-11,14H2,(H,20,22). The molecule has 0 aliphatic rings. The molecule has 3 nitrogen and oxygen atoms in total. The summed E-state index contributed by atoms with van der Waals surface area (Å²) in [7, 11) is 0. The van der Waals surface area contributed by atoms with E-state index in [1.165, 1.54) is 32.1 Å². The number of pyridine rings is 1. The van der Waals surface area contributed by atoms with Crippen molar-refractivity contribution in [3.8, 4) is 0 Å². The van der Waals surface area contributed by atoms with Gasteiger partial charge in [0.05, 0.1) is 0 Å². The molecule has 3 heteroatoms. The first-order chi connectivity index (χ1) is 10.8. The van der Waals surface area contributed by atoms with Crippen LogP contribution in [-0.4, -0.2) is 16.7 Å². The molecular weight excluding hydrogens is 274 g/mol. The summed E-state index contributed by atoms with van der Waals surface area (Å²) in [6.45, 7) is 0.323. The second kappa shape index (κ2) is 9.42. The molecule has 0 spiro atoms. The molecule has 0 saturated carbocycles. The predicted octanol–water partition coefficient (Wildman–Crippen LogP) is 4.18. The number of rotatable bonds is 10. The van der Waals surface area contributed by atoms with Crippen LogP contribution in [0.15, 0.2) is 35.1 Å². The zero-order valence-corrected chi connectivity index (χ0v) is 13.3. The molecule has 0 unspecified atom stereocenters. The van der Waals surface area contributed by atoms with Gasteiger partial charge in [-0.3, -0.25) is 4.79 Å². The number of aliphatic hydroxyl groups is 1. The third kappa shape index (κ3) is 5.30. The SMILES string of the molecule is O=c1cc(CCCCCCCCCCO)[nH]c2ccccc12. The second-order valence-electron chi connectivity index (χ2n) is 6.01. The lowest BCUT2D eigenvalue weighted by atomic mass is 10.1. The summed E-state index contributed by atoms with van der Waals surface area (Å²) in [5, 5.41) is 9.48. The van der Waals surface area contributed by atoms with Gasteiger partial charge in [0, 0.05) is 29.3 Å². The minimum atomic E-state index is 0.119. The van der Waals surface area contributed by atoms with Crippen LogP contribution in [0.2, 0.25) is 0 Å². The van der Waals surface area contributed by atoms with Crippen molar-refractivity contribution in [2.75, 3.05) is 6.61 Å². The molecule has 1 aromatic heterocycles. The van der Waals surface area contributed by atoms with Crippen LogP contribution >= 0.6 is 0 Å². The molecule has 0 amide bonds. The molecule has 0 fully saturated rings.